The van der Waals surface area contributed by atoms with Gasteiger partial charge in [-0.05, 0) is 51.6 Å². The van der Waals surface area contributed by atoms with Crippen molar-refractivity contribution in [2.45, 2.75) is 32.9 Å². The first kappa shape index (κ1) is 26.2. The van der Waals surface area contributed by atoms with Crippen LogP contribution in [0.4, 0.5) is 5.00 Å². The number of carbonyl (C=O) groups excluding carboxylic acids is 2. The van der Waals surface area contributed by atoms with Gasteiger partial charge in [0.1, 0.15) is 17.1 Å². The Labute approximate surface area is 208 Å². The Balaban J connectivity index is 2.03. The summed E-state index contributed by atoms with van der Waals surface area (Å²) in [4.78, 5) is 37.7. The van der Waals surface area contributed by atoms with E-state index in [1.807, 2.05) is 44.9 Å². The van der Waals surface area contributed by atoms with Gasteiger partial charge in [-0.1, -0.05) is 0 Å². The van der Waals surface area contributed by atoms with Crippen molar-refractivity contribution >= 4 is 38.8 Å². The first-order chi connectivity index (χ1) is 16.5. The first-order valence-corrected chi connectivity index (χ1v) is 11.8. The Morgan fingerprint density at radius 2 is 1.80 bits per heavy atom. The van der Waals surface area contributed by atoms with Crippen LogP contribution in [0.25, 0.3) is 21.2 Å². The monoisotopic (exact) mass is 501 g/mol. The summed E-state index contributed by atoms with van der Waals surface area (Å²) in [6, 6.07) is 5.44. The summed E-state index contributed by atoms with van der Waals surface area (Å²) in [6.45, 7) is 5.99. The lowest BCUT2D eigenvalue weighted by atomic mass is 10.0. The number of nitrogens with one attached hydrogen (secondary N) is 1. The molecular weight excluding hydrogens is 470 g/mol. The number of nitrogens with zero attached hydrogens (tertiary/aromatic N) is 2. The van der Waals surface area contributed by atoms with E-state index < -0.39 is 5.60 Å². The van der Waals surface area contributed by atoms with Gasteiger partial charge in [0, 0.05) is 25.4 Å². The maximum Gasteiger partial charge on any atom is 0.320 e. The number of benzene rings is 1. The number of amides is 1. The van der Waals surface area contributed by atoms with Crippen LogP contribution in [0.3, 0.4) is 0 Å². The number of hydrogen-bond acceptors (Lipinski definition) is 8. The van der Waals surface area contributed by atoms with Crippen molar-refractivity contribution in [1.29, 1.82) is 0 Å². The molecule has 3 aromatic rings. The normalized spacial score (nSPS) is 11.5. The van der Waals surface area contributed by atoms with Crippen LogP contribution in [0.2, 0.25) is 0 Å². The predicted octanol–water partition coefficient (Wildman–Crippen LogP) is 3.63. The summed E-state index contributed by atoms with van der Waals surface area (Å²) in [6.07, 6.45) is 2.35. The predicted molar refractivity (Wildman–Crippen MR) is 137 cm³/mol. The summed E-state index contributed by atoms with van der Waals surface area (Å²) in [5, 5.41) is 3.72. The number of pyridine rings is 1. The Morgan fingerprint density at radius 1 is 1.17 bits per heavy atom. The number of carbonyl (C=O) groups is 2. The fourth-order valence-corrected chi connectivity index (χ4v) is 4.84. The van der Waals surface area contributed by atoms with Gasteiger partial charge in [0.15, 0.2) is 0 Å². The van der Waals surface area contributed by atoms with Gasteiger partial charge in [-0.25, -0.2) is 0 Å². The third-order valence-electron chi connectivity index (χ3n) is 5.22. The number of likely N-dealkylation sites (N-methyl/N-ethyl adjacent to an activating group) is 1. The van der Waals surface area contributed by atoms with Crippen LogP contribution in [0, 0.1) is 0 Å². The van der Waals surface area contributed by atoms with Gasteiger partial charge in [0.05, 0.1) is 41.4 Å². The Morgan fingerprint density at radius 3 is 2.34 bits per heavy atom. The number of thiophene rings is 1. The third kappa shape index (κ3) is 6.01. The van der Waals surface area contributed by atoms with Crippen molar-refractivity contribution in [2.24, 2.45) is 7.05 Å². The van der Waals surface area contributed by atoms with Gasteiger partial charge < -0.3 is 24.1 Å². The van der Waals surface area contributed by atoms with Crippen LogP contribution < -0.4 is 20.3 Å². The fraction of sp³-hybridized carbons (Fsp3) is 0.400. The number of fused-ring (bicyclic) bond motifs is 1. The SMILES string of the molecule is COc1cc(-c2cn(C)c(=O)c3cc(NC=O)sc23)cc(OC)c1CN(C)CC(=O)OC(C)(C)C. The highest BCUT2D eigenvalue weighted by atomic mass is 32.1. The van der Waals surface area contributed by atoms with Crippen LogP contribution in [-0.4, -0.2) is 55.3 Å². The first-order valence-electron chi connectivity index (χ1n) is 11.0. The summed E-state index contributed by atoms with van der Waals surface area (Å²) in [5.74, 6) is 0.847. The zero-order chi connectivity index (χ0) is 25.9. The molecule has 35 heavy (non-hydrogen) atoms. The fourth-order valence-electron chi connectivity index (χ4n) is 3.80. The maximum atomic E-state index is 12.7. The Hall–Kier alpha value is -3.37. The molecule has 0 spiro atoms. The minimum atomic E-state index is -0.557. The molecule has 9 nitrogen and oxygen atoms in total. The number of hydrogen-bond donors (Lipinski definition) is 1. The highest BCUT2D eigenvalue weighted by Crippen LogP contribution is 2.40. The molecule has 3 rings (SSSR count). The lowest BCUT2D eigenvalue weighted by Gasteiger charge is -2.24. The number of esters is 1. The Bertz CT molecular complexity index is 1280. The van der Waals surface area contributed by atoms with E-state index in [1.165, 1.54) is 15.9 Å². The zero-order valence-corrected chi connectivity index (χ0v) is 21.9. The lowest BCUT2D eigenvalue weighted by molar-refractivity contribution is -0.155. The molecule has 0 fully saturated rings. The summed E-state index contributed by atoms with van der Waals surface area (Å²) in [5.41, 5.74) is 1.66. The van der Waals surface area contributed by atoms with Crippen LogP contribution in [0.15, 0.2) is 29.2 Å². The van der Waals surface area contributed by atoms with Gasteiger partial charge >= 0.3 is 5.97 Å². The average molecular weight is 502 g/mol. The minimum Gasteiger partial charge on any atom is -0.496 e. The van der Waals surface area contributed by atoms with E-state index in [1.54, 1.807) is 33.5 Å². The van der Waals surface area contributed by atoms with E-state index in [0.717, 1.165) is 21.4 Å². The average Bonchev–Trinajstić information content (AvgIpc) is 3.19. The van der Waals surface area contributed by atoms with E-state index in [-0.39, 0.29) is 18.1 Å². The molecular formula is C25H31N3O6S. The van der Waals surface area contributed by atoms with Crippen molar-refractivity contribution in [3.63, 3.8) is 0 Å². The molecule has 0 atom stereocenters. The number of aryl methyl sites for hydroxylation is 1. The molecule has 1 aromatic carbocycles. The maximum absolute atomic E-state index is 12.7. The molecule has 188 valence electrons. The van der Waals surface area contributed by atoms with Crippen molar-refractivity contribution < 1.29 is 23.8 Å². The second-order valence-electron chi connectivity index (χ2n) is 9.19. The molecule has 1 amide bonds. The molecule has 0 saturated carbocycles. The summed E-state index contributed by atoms with van der Waals surface area (Å²) >= 11 is 1.32. The molecule has 0 saturated heterocycles. The second kappa shape index (κ2) is 10.5. The standard InChI is InChI=1S/C25H31N3O6S/c1-25(2,3)34-22(30)13-27(4)11-18-19(32-6)8-15(9-20(18)33-7)17-12-28(5)24(31)16-10-21(26-14-29)35-23(16)17/h8-10,12,14H,11,13H2,1-7H3,(H,26,29). The molecule has 2 heterocycles. The molecule has 0 aliphatic heterocycles. The number of anilines is 1. The zero-order valence-electron chi connectivity index (χ0n) is 21.1. The molecule has 0 aliphatic carbocycles. The minimum absolute atomic E-state index is 0.106. The smallest absolute Gasteiger partial charge is 0.320 e. The quantitative estimate of drug-likeness (QED) is 0.353. The largest absolute Gasteiger partial charge is 0.496 e. The van der Waals surface area contributed by atoms with Gasteiger partial charge in [-0.15, -0.1) is 11.3 Å². The number of ether oxygens (including phenoxy) is 3. The Kier molecular flexibility index (Phi) is 7.86. The number of aromatic nitrogens is 1. The number of rotatable bonds is 9. The van der Waals surface area contributed by atoms with Crippen LogP contribution >= 0.6 is 11.3 Å². The summed E-state index contributed by atoms with van der Waals surface area (Å²) in [7, 11) is 6.65. The molecule has 0 radical (unpaired) electrons. The molecule has 2 aromatic heterocycles. The van der Waals surface area contributed by atoms with Gasteiger partial charge in [0.25, 0.3) is 5.56 Å². The second-order valence-corrected chi connectivity index (χ2v) is 10.2. The van der Waals surface area contributed by atoms with Crippen LogP contribution in [0.5, 0.6) is 11.5 Å². The summed E-state index contributed by atoms with van der Waals surface area (Å²) < 4.78 is 19.1. The van der Waals surface area contributed by atoms with Crippen LogP contribution in [0.1, 0.15) is 26.3 Å². The van der Waals surface area contributed by atoms with Crippen molar-refractivity contribution in [3.05, 3.63) is 40.3 Å². The third-order valence-corrected chi connectivity index (χ3v) is 6.32. The van der Waals surface area contributed by atoms with Crippen molar-refractivity contribution in [1.82, 2.24) is 9.47 Å². The van der Waals surface area contributed by atoms with Gasteiger partial charge in [0.2, 0.25) is 6.41 Å². The molecule has 0 aliphatic rings. The highest BCUT2D eigenvalue weighted by molar-refractivity contribution is 7.23. The van der Waals surface area contributed by atoms with Crippen molar-refractivity contribution in [2.75, 3.05) is 33.1 Å². The van der Waals surface area contributed by atoms with Crippen molar-refractivity contribution in [3.8, 4) is 22.6 Å². The number of methoxy groups -OCH3 is 2. The molecule has 0 unspecified atom stereocenters. The van der Waals surface area contributed by atoms with Gasteiger partial charge in [-0.2, -0.15) is 0 Å². The highest BCUT2D eigenvalue weighted by Gasteiger charge is 2.21. The van der Waals surface area contributed by atoms with E-state index in [0.29, 0.717) is 34.8 Å². The lowest BCUT2D eigenvalue weighted by Crippen LogP contribution is -2.32. The van der Waals surface area contributed by atoms with Crippen LogP contribution in [-0.2, 0) is 27.9 Å². The van der Waals surface area contributed by atoms with E-state index in [2.05, 4.69) is 5.32 Å². The van der Waals surface area contributed by atoms with E-state index in [9.17, 15) is 14.4 Å². The van der Waals surface area contributed by atoms with Gasteiger partial charge in [-0.3, -0.25) is 19.3 Å². The topological polar surface area (TPSA) is 99.1 Å². The molecule has 10 heteroatoms. The van der Waals surface area contributed by atoms with E-state index >= 15 is 0 Å². The van der Waals surface area contributed by atoms with E-state index in [4.69, 9.17) is 14.2 Å². The molecule has 1 N–H and O–H groups in total. The molecule has 0 bridgehead atoms.